The number of benzene rings is 3. The van der Waals surface area contributed by atoms with Crippen LogP contribution in [0.4, 0.5) is 0 Å². The number of fused-ring (bicyclic) bond motifs is 3. The molecule has 6 aromatic rings. The van der Waals surface area contributed by atoms with Gasteiger partial charge in [-0.25, -0.2) is 0 Å². The van der Waals surface area contributed by atoms with E-state index in [1.54, 1.807) is 12.4 Å². The molecule has 0 spiro atoms. The van der Waals surface area contributed by atoms with Gasteiger partial charge in [0.1, 0.15) is 0 Å². The predicted molar refractivity (Wildman–Crippen MR) is 146 cm³/mol. The molecule has 1 aliphatic rings. The molecule has 3 aromatic carbocycles. The van der Waals surface area contributed by atoms with Crippen LogP contribution >= 0.6 is 15.9 Å². The summed E-state index contributed by atoms with van der Waals surface area (Å²) in [4.78, 5) is 13.3. The Labute approximate surface area is 231 Å². The van der Waals surface area contributed by atoms with Crippen LogP contribution in [-0.2, 0) is 20.1 Å². The number of rotatable bonds is 2. The van der Waals surface area contributed by atoms with Crippen LogP contribution in [-0.4, -0.2) is 15.0 Å². The second kappa shape index (κ2) is 10.6. The van der Waals surface area contributed by atoms with Crippen molar-refractivity contribution in [3.63, 3.8) is 0 Å². The molecule has 0 atom stereocenters. The van der Waals surface area contributed by atoms with Crippen molar-refractivity contribution in [1.82, 2.24) is 15.0 Å². The average Bonchev–Trinajstić information content (AvgIpc) is 3.25. The first-order chi connectivity index (χ1) is 17.3. The van der Waals surface area contributed by atoms with Crippen molar-refractivity contribution < 1.29 is 20.1 Å². The van der Waals surface area contributed by atoms with E-state index in [1.807, 2.05) is 48.5 Å². The Hall–Kier alpha value is -3.50. The fourth-order valence-electron chi connectivity index (χ4n) is 4.43. The van der Waals surface area contributed by atoms with Crippen LogP contribution in [0.3, 0.4) is 0 Å². The maximum atomic E-state index is 4.88. The Bertz CT molecular complexity index is 1620. The number of pyridine rings is 3. The Kier molecular flexibility index (Phi) is 7.15. The maximum absolute atomic E-state index is 4.88. The van der Waals surface area contributed by atoms with Crippen LogP contribution in [0.2, 0.25) is 0 Å². The molecule has 0 unspecified atom stereocenters. The first kappa shape index (κ1) is 24.2. The molecule has 36 heavy (non-hydrogen) atoms. The minimum atomic E-state index is 0. The van der Waals surface area contributed by atoms with Crippen LogP contribution < -0.4 is 0 Å². The van der Waals surface area contributed by atoms with Crippen LogP contribution in [0.15, 0.2) is 120 Å². The van der Waals surface area contributed by atoms with Gasteiger partial charge < -0.3 is 0 Å². The summed E-state index contributed by atoms with van der Waals surface area (Å²) in [6.07, 6.45) is 3.54. The molecule has 0 saturated heterocycles. The van der Waals surface area contributed by atoms with E-state index in [1.165, 1.54) is 27.6 Å². The van der Waals surface area contributed by atoms with E-state index in [2.05, 4.69) is 86.6 Å². The number of aromatic nitrogens is 3. The summed E-state index contributed by atoms with van der Waals surface area (Å²) in [5.41, 5.74) is 9.98. The van der Waals surface area contributed by atoms with Crippen LogP contribution in [0.1, 0.15) is 0 Å². The van der Waals surface area contributed by atoms with Crippen molar-refractivity contribution in [3.8, 4) is 44.9 Å². The molecular formula is C31H19BrIrN3-. The molecule has 1 radical (unpaired) electrons. The van der Waals surface area contributed by atoms with Gasteiger partial charge in [0.2, 0.25) is 0 Å². The van der Waals surface area contributed by atoms with Gasteiger partial charge in [0.05, 0.1) is 16.9 Å². The molecule has 5 heteroatoms. The third kappa shape index (κ3) is 4.66. The van der Waals surface area contributed by atoms with E-state index >= 15 is 0 Å². The largest absolute Gasteiger partial charge is 0.296 e. The Morgan fingerprint density at radius 3 is 1.86 bits per heavy atom. The second-order valence-corrected chi connectivity index (χ2v) is 9.07. The van der Waals surface area contributed by atoms with E-state index in [0.717, 1.165) is 32.6 Å². The van der Waals surface area contributed by atoms with Crippen molar-refractivity contribution in [2.75, 3.05) is 0 Å². The van der Waals surface area contributed by atoms with Gasteiger partial charge in [-0.15, -0.1) is 29.8 Å². The third-order valence-electron chi connectivity index (χ3n) is 5.97. The summed E-state index contributed by atoms with van der Waals surface area (Å²) >= 11 is 3.53. The van der Waals surface area contributed by atoms with Gasteiger partial charge in [-0.05, 0) is 58.3 Å². The second-order valence-electron chi connectivity index (χ2n) is 8.15. The Morgan fingerprint density at radius 1 is 0.583 bits per heavy atom. The van der Waals surface area contributed by atoms with Crippen molar-refractivity contribution in [3.05, 3.63) is 126 Å². The SMILES string of the molecule is Brc1cc[c-]c(-c2cc3c4c(cccc4n2)-c2ccccc2-3)c1.[Ir].c1ccc(-c2ccccn2)nc1. The van der Waals surface area contributed by atoms with Gasteiger partial charge in [-0.2, -0.15) is 0 Å². The van der Waals surface area contributed by atoms with Crippen LogP contribution in [0.5, 0.6) is 0 Å². The fraction of sp³-hybridized carbons (Fsp3) is 0. The van der Waals surface area contributed by atoms with E-state index in [9.17, 15) is 0 Å². The van der Waals surface area contributed by atoms with Gasteiger partial charge in [0, 0.05) is 37.9 Å². The first-order valence-corrected chi connectivity index (χ1v) is 12.1. The van der Waals surface area contributed by atoms with E-state index in [4.69, 9.17) is 4.98 Å². The normalized spacial score (nSPS) is 10.7. The summed E-state index contributed by atoms with van der Waals surface area (Å²) in [7, 11) is 0. The molecule has 0 bridgehead atoms. The number of nitrogens with zero attached hydrogens (tertiary/aromatic N) is 3. The molecule has 0 amide bonds. The molecule has 0 aliphatic heterocycles. The van der Waals surface area contributed by atoms with Gasteiger partial charge in [-0.1, -0.05) is 75.0 Å². The monoisotopic (exact) mass is 705 g/mol. The fourth-order valence-corrected chi connectivity index (χ4v) is 4.79. The predicted octanol–water partition coefficient (Wildman–Crippen LogP) is 8.25. The van der Waals surface area contributed by atoms with Crippen molar-refractivity contribution in [1.29, 1.82) is 0 Å². The Balaban J connectivity index is 0.000000175. The van der Waals surface area contributed by atoms with Gasteiger partial charge in [0.25, 0.3) is 0 Å². The molecule has 0 N–H and O–H groups in total. The third-order valence-corrected chi connectivity index (χ3v) is 6.47. The molecule has 1 aliphatic carbocycles. The molecule has 3 nitrogen and oxygen atoms in total. The van der Waals surface area contributed by atoms with E-state index < -0.39 is 0 Å². The molecule has 0 saturated carbocycles. The quantitative estimate of drug-likeness (QED) is 0.170. The number of halogens is 1. The Morgan fingerprint density at radius 2 is 1.22 bits per heavy atom. The summed E-state index contributed by atoms with van der Waals surface area (Å²) in [5, 5.41) is 1.26. The van der Waals surface area contributed by atoms with Crippen LogP contribution in [0, 0.1) is 6.07 Å². The molecule has 0 fully saturated rings. The molecule has 175 valence electrons. The summed E-state index contributed by atoms with van der Waals surface area (Å²) < 4.78 is 1.04. The molecular weight excluding hydrogens is 686 g/mol. The molecule has 7 rings (SSSR count). The van der Waals surface area contributed by atoms with Gasteiger partial charge in [-0.3, -0.25) is 15.0 Å². The molecule has 3 aromatic heterocycles. The summed E-state index contributed by atoms with van der Waals surface area (Å²) in [6.45, 7) is 0. The summed E-state index contributed by atoms with van der Waals surface area (Å²) in [5.74, 6) is 0. The van der Waals surface area contributed by atoms with Crippen LogP contribution in [0.25, 0.3) is 55.8 Å². The standard InChI is InChI=1S/C21H11BrN.C10H8N2.Ir/c22-14-6-3-5-13(11-14)20-12-18-16-8-2-1-7-15(16)17-9-4-10-19(23-20)21(17)18;1-3-7-11-9(5-1)10-6-2-4-8-12-10;/h1-4,6-12H;1-8H;/q-1;;. The topological polar surface area (TPSA) is 38.7 Å². The number of hydrogen-bond donors (Lipinski definition) is 0. The smallest absolute Gasteiger partial charge is 0.0886 e. The minimum absolute atomic E-state index is 0. The zero-order valence-corrected chi connectivity index (χ0v) is 23.0. The number of hydrogen-bond acceptors (Lipinski definition) is 3. The first-order valence-electron chi connectivity index (χ1n) is 11.3. The van der Waals surface area contributed by atoms with Crippen molar-refractivity contribution in [2.45, 2.75) is 0 Å². The van der Waals surface area contributed by atoms with Gasteiger partial charge in [0.15, 0.2) is 0 Å². The zero-order chi connectivity index (χ0) is 23.6. The van der Waals surface area contributed by atoms with Gasteiger partial charge >= 0.3 is 0 Å². The maximum Gasteiger partial charge on any atom is 0.0886 e. The van der Waals surface area contributed by atoms with E-state index in [0.29, 0.717) is 0 Å². The van der Waals surface area contributed by atoms with Crippen molar-refractivity contribution >= 4 is 26.8 Å². The van der Waals surface area contributed by atoms with E-state index in [-0.39, 0.29) is 20.1 Å². The average molecular weight is 706 g/mol. The zero-order valence-electron chi connectivity index (χ0n) is 19.0. The summed E-state index contributed by atoms with van der Waals surface area (Å²) in [6, 6.07) is 38.0. The minimum Gasteiger partial charge on any atom is -0.296 e. The van der Waals surface area contributed by atoms with Crippen molar-refractivity contribution in [2.24, 2.45) is 0 Å². The molecule has 3 heterocycles.